The van der Waals surface area contributed by atoms with Gasteiger partial charge in [0.1, 0.15) is 0 Å². The first kappa shape index (κ1) is 20.1. The van der Waals surface area contributed by atoms with Crippen LogP contribution in [-0.4, -0.2) is 0 Å². The fraction of sp³-hybridized carbons (Fsp3) is 0.250. The molecule has 0 aliphatic rings. The van der Waals surface area contributed by atoms with E-state index in [2.05, 4.69) is 0 Å². The van der Waals surface area contributed by atoms with Crippen molar-refractivity contribution in [2.24, 2.45) is 0 Å². The maximum Gasteiger partial charge on any atom is 0.170 e. The Kier molecular flexibility index (Phi) is 6.18. The van der Waals surface area contributed by atoms with E-state index in [1.54, 1.807) is 24.3 Å². The van der Waals surface area contributed by atoms with Crippen LogP contribution in [0.1, 0.15) is 37.8 Å². The van der Waals surface area contributed by atoms with Crippen LogP contribution < -0.4 is 0 Å². The van der Waals surface area contributed by atoms with Gasteiger partial charge in [-0.2, -0.15) is 0 Å². The summed E-state index contributed by atoms with van der Waals surface area (Å²) in [5.74, 6) is -5.52. The predicted molar refractivity (Wildman–Crippen MR) is 105 cm³/mol. The summed E-state index contributed by atoms with van der Waals surface area (Å²) in [5.41, 5.74) is 0.859. The fourth-order valence-electron chi connectivity index (χ4n) is 3.39. The van der Waals surface area contributed by atoms with Crippen LogP contribution in [0.25, 0.3) is 22.3 Å². The Labute approximate surface area is 162 Å². The maximum absolute atomic E-state index is 14.7. The van der Waals surface area contributed by atoms with Crippen molar-refractivity contribution in [3.05, 3.63) is 82.9 Å². The van der Waals surface area contributed by atoms with Gasteiger partial charge in [0.15, 0.2) is 23.3 Å². The van der Waals surface area contributed by atoms with Gasteiger partial charge < -0.3 is 0 Å². The van der Waals surface area contributed by atoms with Crippen molar-refractivity contribution in [2.75, 3.05) is 0 Å². The van der Waals surface area contributed by atoms with Crippen molar-refractivity contribution < 1.29 is 17.6 Å². The molecule has 4 heteroatoms. The molecule has 0 atom stereocenters. The molecule has 0 bridgehead atoms. The predicted octanol–water partition coefficient (Wildman–Crippen LogP) is 7.48. The Balaban J connectivity index is 2.08. The van der Waals surface area contributed by atoms with Crippen molar-refractivity contribution in [3.8, 4) is 22.3 Å². The number of hydrogen-bond acceptors (Lipinski definition) is 0. The smallest absolute Gasteiger partial charge is 0.170 e. The largest absolute Gasteiger partial charge is 0.203 e. The lowest BCUT2D eigenvalue weighted by molar-refractivity contribution is 0.463. The van der Waals surface area contributed by atoms with E-state index in [9.17, 15) is 17.6 Å². The monoisotopic (exact) mass is 386 g/mol. The minimum atomic E-state index is -1.38. The summed E-state index contributed by atoms with van der Waals surface area (Å²) in [6, 6.07) is 12.8. The van der Waals surface area contributed by atoms with Crippen LogP contribution in [0.2, 0.25) is 0 Å². The third-order valence-corrected chi connectivity index (χ3v) is 4.83. The van der Waals surface area contributed by atoms with Crippen LogP contribution in [-0.2, 0) is 12.8 Å². The van der Waals surface area contributed by atoms with Gasteiger partial charge in [-0.25, -0.2) is 17.6 Å². The summed E-state index contributed by atoms with van der Waals surface area (Å²) in [6.45, 7) is 4.04. The number of hydrogen-bond donors (Lipinski definition) is 0. The topological polar surface area (TPSA) is 0 Å². The lowest BCUT2D eigenvalue weighted by atomic mass is 9.95. The van der Waals surface area contributed by atoms with E-state index < -0.39 is 34.4 Å². The molecule has 0 spiro atoms. The second-order valence-electron chi connectivity index (χ2n) is 6.90. The molecule has 0 saturated heterocycles. The molecule has 3 rings (SSSR count). The van der Waals surface area contributed by atoms with Gasteiger partial charge in [0.25, 0.3) is 0 Å². The van der Waals surface area contributed by atoms with Crippen LogP contribution in [0.4, 0.5) is 17.6 Å². The van der Waals surface area contributed by atoms with Crippen molar-refractivity contribution in [2.45, 2.75) is 39.5 Å². The average molecular weight is 386 g/mol. The van der Waals surface area contributed by atoms with Crippen molar-refractivity contribution in [1.82, 2.24) is 0 Å². The summed E-state index contributed by atoms with van der Waals surface area (Å²) in [5, 5.41) is 0. The zero-order chi connectivity index (χ0) is 20.3. The number of halogens is 4. The molecule has 0 fully saturated rings. The quantitative estimate of drug-likeness (QED) is 0.304. The van der Waals surface area contributed by atoms with Crippen LogP contribution >= 0.6 is 0 Å². The normalized spacial score (nSPS) is 11.1. The highest BCUT2D eigenvalue weighted by atomic mass is 19.2. The van der Waals surface area contributed by atoms with E-state index in [1.165, 1.54) is 24.3 Å². The summed E-state index contributed by atoms with van der Waals surface area (Å²) in [4.78, 5) is 0. The maximum atomic E-state index is 14.7. The molecule has 28 heavy (non-hydrogen) atoms. The molecule has 0 radical (unpaired) electrons. The third kappa shape index (κ3) is 3.82. The molecule has 3 aromatic rings. The molecule has 0 amide bonds. The summed E-state index contributed by atoms with van der Waals surface area (Å²) >= 11 is 0. The summed E-state index contributed by atoms with van der Waals surface area (Å²) in [6.07, 6.45) is 3.50. The minimum absolute atomic E-state index is 0.109. The Morgan fingerprint density at radius 1 is 0.500 bits per heavy atom. The van der Waals surface area contributed by atoms with E-state index in [-0.39, 0.29) is 11.1 Å². The van der Waals surface area contributed by atoms with Crippen LogP contribution in [0, 0.1) is 23.3 Å². The Morgan fingerprint density at radius 2 is 0.786 bits per heavy atom. The van der Waals surface area contributed by atoms with Crippen molar-refractivity contribution in [1.29, 1.82) is 0 Å². The molecule has 0 unspecified atom stereocenters. The molecule has 0 N–H and O–H groups in total. The first-order valence-corrected chi connectivity index (χ1v) is 9.52. The molecule has 0 heterocycles. The molecule has 0 nitrogen and oxygen atoms in total. The SMILES string of the molecule is CCCc1ccc(-c2c(F)c(F)c(-c3ccc(CCC)cc3)c(F)c2F)cc1. The van der Waals surface area contributed by atoms with E-state index in [0.717, 1.165) is 36.8 Å². The molecule has 146 valence electrons. The van der Waals surface area contributed by atoms with Gasteiger partial charge >= 0.3 is 0 Å². The molecular weight excluding hydrogens is 364 g/mol. The Hall–Kier alpha value is -2.62. The van der Waals surface area contributed by atoms with E-state index in [0.29, 0.717) is 0 Å². The van der Waals surface area contributed by atoms with Crippen LogP contribution in [0.15, 0.2) is 48.5 Å². The second kappa shape index (κ2) is 8.59. The average Bonchev–Trinajstić information content (AvgIpc) is 2.70. The van der Waals surface area contributed by atoms with Gasteiger partial charge in [0, 0.05) is 0 Å². The lowest BCUT2D eigenvalue weighted by Crippen LogP contribution is -2.03. The van der Waals surface area contributed by atoms with Crippen molar-refractivity contribution >= 4 is 0 Å². The van der Waals surface area contributed by atoms with Gasteiger partial charge in [0.05, 0.1) is 11.1 Å². The van der Waals surface area contributed by atoms with Gasteiger partial charge in [-0.05, 0) is 35.1 Å². The zero-order valence-electron chi connectivity index (χ0n) is 16.0. The Morgan fingerprint density at radius 3 is 1.04 bits per heavy atom. The van der Waals surface area contributed by atoms with E-state index in [4.69, 9.17) is 0 Å². The second-order valence-corrected chi connectivity index (χ2v) is 6.90. The number of aryl methyl sites for hydroxylation is 2. The summed E-state index contributed by atoms with van der Waals surface area (Å²) in [7, 11) is 0. The van der Waals surface area contributed by atoms with Gasteiger partial charge in [0.2, 0.25) is 0 Å². The first-order chi connectivity index (χ1) is 13.5. The molecular formula is C24H22F4. The molecule has 0 saturated carbocycles. The highest BCUT2D eigenvalue weighted by Crippen LogP contribution is 2.37. The molecule has 3 aromatic carbocycles. The zero-order valence-corrected chi connectivity index (χ0v) is 16.0. The molecule has 0 aliphatic heterocycles. The lowest BCUT2D eigenvalue weighted by Gasteiger charge is -2.13. The van der Waals surface area contributed by atoms with Gasteiger partial charge in [-0.1, -0.05) is 75.2 Å². The third-order valence-electron chi connectivity index (χ3n) is 4.83. The van der Waals surface area contributed by atoms with Crippen LogP contribution in [0.3, 0.4) is 0 Å². The van der Waals surface area contributed by atoms with E-state index >= 15 is 0 Å². The number of rotatable bonds is 6. The Bertz CT molecular complexity index is 848. The highest BCUT2D eigenvalue weighted by molar-refractivity contribution is 5.73. The van der Waals surface area contributed by atoms with Crippen LogP contribution in [0.5, 0.6) is 0 Å². The first-order valence-electron chi connectivity index (χ1n) is 9.52. The van der Waals surface area contributed by atoms with Crippen molar-refractivity contribution in [3.63, 3.8) is 0 Å². The molecule has 0 aliphatic carbocycles. The van der Waals surface area contributed by atoms with Gasteiger partial charge in [-0.15, -0.1) is 0 Å². The van der Waals surface area contributed by atoms with Gasteiger partial charge in [-0.3, -0.25) is 0 Å². The fourth-order valence-corrected chi connectivity index (χ4v) is 3.39. The van der Waals surface area contributed by atoms with E-state index in [1.807, 2.05) is 13.8 Å². The summed E-state index contributed by atoms with van der Waals surface area (Å²) < 4.78 is 59.0. The number of benzene rings is 3. The standard InChI is InChI=1S/C24H22F4/c1-3-5-15-7-11-17(12-8-15)19-21(25)23(27)20(24(28)22(19)26)18-13-9-16(6-4-2)10-14-18/h7-14H,3-6H2,1-2H3. The minimum Gasteiger partial charge on any atom is -0.203 e. The highest BCUT2D eigenvalue weighted by Gasteiger charge is 2.27. The molecule has 0 aromatic heterocycles.